The molecule has 3 rings (SSSR count). The molecule has 0 aliphatic rings. The summed E-state index contributed by atoms with van der Waals surface area (Å²) in [6, 6.07) is 15.7. The fourth-order valence-electron chi connectivity index (χ4n) is 1.95. The summed E-state index contributed by atoms with van der Waals surface area (Å²) in [5.41, 5.74) is 1.06. The smallest absolute Gasteiger partial charge is 0.245 e. The molecule has 1 heterocycles. The van der Waals surface area contributed by atoms with Crippen LogP contribution >= 0.6 is 23.5 Å². The van der Waals surface area contributed by atoms with Crippen molar-refractivity contribution >= 4 is 29.4 Å². The summed E-state index contributed by atoms with van der Waals surface area (Å²) in [6.45, 7) is 0. The monoisotopic (exact) mass is 345 g/mol. The fraction of sp³-hybridized carbons (Fsp3) is 0.125. The minimum atomic E-state index is 0.591. The number of hydrogen-bond acceptors (Lipinski definition) is 7. The second kappa shape index (κ2) is 7.34. The highest BCUT2D eigenvalue weighted by atomic mass is 32.2. The van der Waals surface area contributed by atoms with Crippen LogP contribution in [0.2, 0.25) is 0 Å². The van der Waals surface area contributed by atoms with Gasteiger partial charge in [-0.2, -0.15) is 9.36 Å². The molecule has 7 heteroatoms. The van der Waals surface area contributed by atoms with Crippen molar-refractivity contribution in [3.8, 4) is 22.1 Å². The van der Waals surface area contributed by atoms with E-state index in [1.165, 1.54) is 23.5 Å². The quantitative estimate of drug-likeness (QED) is 0.671. The lowest BCUT2D eigenvalue weighted by Crippen LogP contribution is -1.92. The molecule has 3 aromatic rings. The third kappa shape index (κ3) is 3.75. The number of anilines is 1. The van der Waals surface area contributed by atoms with E-state index in [1.54, 1.807) is 14.2 Å². The molecule has 0 saturated carbocycles. The Bertz CT molecular complexity index is 778. The van der Waals surface area contributed by atoms with Gasteiger partial charge in [-0.05, 0) is 41.7 Å². The Balaban J connectivity index is 1.68. The molecule has 0 spiro atoms. The van der Waals surface area contributed by atoms with Gasteiger partial charge in [0.15, 0.2) is 11.5 Å². The predicted octanol–water partition coefficient (Wildman–Crippen LogP) is 4.34. The number of rotatable bonds is 6. The molecule has 1 N–H and O–H groups in total. The number of methoxy groups -OCH3 is 2. The van der Waals surface area contributed by atoms with Gasteiger partial charge in [0, 0.05) is 10.5 Å². The average Bonchev–Trinajstić information content (AvgIpc) is 3.09. The molecule has 2 aromatic carbocycles. The molecule has 0 fully saturated rings. The first-order valence-corrected chi connectivity index (χ1v) is 8.43. The van der Waals surface area contributed by atoms with Crippen LogP contribution in [-0.4, -0.2) is 23.6 Å². The maximum absolute atomic E-state index is 5.30. The van der Waals surface area contributed by atoms with Crippen molar-refractivity contribution in [2.45, 2.75) is 4.90 Å². The Hall–Kier alpha value is -2.25. The Morgan fingerprint density at radius 3 is 2.52 bits per heavy atom. The SMILES string of the molecule is COc1ccc(SNc2nsc(-c3ccccc3)n2)cc1OC. The molecule has 0 aliphatic heterocycles. The van der Waals surface area contributed by atoms with Crippen molar-refractivity contribution in [1.82, 2.24) is 9.36 Å². The number of aromatic nitrogens is 2. The molecule has 0 saturated heterocycles. The van der Waals surface area contributed by atoms with Crippen molar-refractivity contribution in [1.29, 1.82) is 0 Å². The molecule has 1 aromatic heterocycles. The van der Waals surface area contributed by atoms with Crippen LogP contribution in [-0.2, 0) is 0 Å². The van der Waals surface area contributed by atoms with Crippen LogP contribution in [0.15, 0.2) is 53.4 Å². The van der Waals surface area contributed by atoms with E-state index in [0.29, 0.717) is 17.4 Å². The lowest BCUT2D eigenvalue weighted by atomic mass is 10.2. The normalized spacial score (nSPS) is 10.3. The molecule has 0 amide bonds. The minimum absolute atomic E-state index is 0.591. The van der Waals surface area contributed by atoms with Gasteiger partial charge in [-0.3, -0.25) is 4.72 Å². The van der Waals surface area contributed by atoms with Crippen molar-refractivity contribution < 1.29 is 9.47 Å². The largest absolute Gasteiger partial charge is 0.493 e. The van der Waals surface area contributed by atoms with Gasteiger partial charge >= 0.3 is 0 Å². The maximum Gasteiger partial charge on any atom is 0.245 e. The second-order valence-electron chi connectivity index (χ2n) is 4.51. The van der Waals surface area contributed by atoms with Gasteiger partial charge in [0.1, 0.15) is 5.01 Å². The standard InChI is InChI=1S/C16H15N3O2S2/c1-20-13-9-8-12(10-14(13)21-2)22-18-16-17-15(23-19-16)11-6-4-3-5-7-11/h3-10H,1-2H3,(H,18,19). The van der Waals surface area contributed by atoms with Crippen LogP contribution in [0.25, 0.3) is 10.6 Å². The van der Waals surface area contributed by atoms with Gasteiger partial charge in [0.2, 0.25) is 5.95 Å². The van der Waals surface area contributed by atoms with Gasteiger partial charge in [0.05, 0.1) is 14.2 Å². The van der Waals surface area contributed by atoms with Gasteiger partial charge < -0.3 is 9.47 Å². The van der Waals surface area contributed by atoms with E-state index in [0.717, 1.165) is 15.5 Å². The zero-order valence-electron chi connectivity index (χ0n) is 12.6. The van der Waals surface area contributed by atoms with Crippen molar-refractivity contribution in [3.63, 3.8) is 0 Å². The lowest BCUT2D eigenvalue weighted by molar-refractivity contribution is 0.354. The van der Waals surface area contributed by atoms with Crippen LogP contribution in [0, 0.1) is 0 Å². The Morgan fingerprint density at radius 2 is 1.78 bits per heavy atom. The topological polar surface area (TPSA) is 56.3 Å². The third-order valence-electron chi connectivity index (χ3n) is 3.06. The first-order chi connectivity index (χ1) is 11.3. The molecule has 23 heavy (non-hydrogen) atoms. The first kappa shape index (κ1) is 15.6. The van der Waals surface area contributed by atoms with Gasteiger partial charge in [-0.25, -0.2) is 0 Å². The summed E-state index contributed by atoms with van der Waals surface area (Å²) >= 11 is 2.80. The molecule has 5 nitrogen and oxygen atoms in total. The molecule has 0 aliphatic carbocycles. The van der Waals surface area contributed by atoms with Crippen LogP contribution in [0.3, 0.4) is 0 Å². The highest BCUT2D eigenvalue weighted by Crippen LogP contribution is 2.32. The van der Waals surface area contributed by atoms with Gasteiger partial charge in [0.25, 0.3) is 0 Å². The van der Waals surface area contributed by atoms with E-state index in [1.807, 2.05) is 48.5 Å². The Kier molecular flexibility index (Phi) is 4.99. The zero-order valence-corrected chi connectivity index (χ0v) is 14.3. The highest BCUT2D eigenvalue weighted by molar-refractivity contribution is 8.00. The molecule has 0 atom stereocenters. The summed E-state index contributed by atoms with van der Waals surface area (Å²) in [6.07, 6.45) is 0. The van der Waals surface area contributed by atoms with Crippen molar-refractivity contribution in [3.05, 3.63) is 48.5 Å². The van der Waals surface area contributed by atoms with Crippen LogP contribution in [0.4, 0.5) is 5.95 Å². The lowest BCUT2D eigenvalue weighted by Gasteiger charge is -2.09. The maximum atomic E-state index is 5.30. The average molecular weight is 345 g/mol. The molecule has 118 valence electrons. The van der Waals surface area contributed by atoms with Crippen molar-refractivity contribution in [2.24, 2.45) is 0 Å². The number of hydrogen-bond donors (Lipinski definition) is 1. The number of nitrogens with one attached hydrogen (secondary N) is 1. The zero-order chi connectivity index (χ0) is 16.1. The van der Waals surface area contributed by atoms with Crippen LogP contribution in [0.5, 0.6) is 11.5 Å². The molecular weight excluding hydrogens is 330 g/mol. The minimum Gasteiger partial charge on any atom is -0.493 e. The van der Waals surface area contributed by atoms with Gasteiger partial charge in [-0.1, -0.05) is 30.3 Å². The summed E-state index contributed by atoms with van der Waals surface area (Å²) in [5.74, 6) is 1.99. The van der Waals surface area contributed by atoms with Crippen LogP contribution < -0.4 is 14.2 Å². The second-order valence-corrected chi connectivity index (χ2v) is 6.14. The molecule has 0 radical (unpaired) electrons. The van der Waals surface area contributed by atoms with E-state index in [9.17, 15) is 0 Å². The summed E-state index contributed by atoms with van der Waals surface area (Å²) in [5, 5.41) is 0.890. The molecule has 0 bridgehead atoms. The predicted molar refractivity (Wildman–Crippen MR) is 94.4 cm³/mol. The third-order valence-corrected chi connectivity index (χ3v) is 4.60. The first-order valence-electron chi connectivity index (χ1n) is 6.84. The van der Waals surface area contributed by atoms with Crippen LogP contribution in [0.1, 0.15) is 0 Å². The molecule has 0 unspecified atom stereocenters. The molecular formula is C16H15N3O2S2. The Labute approximate surface area is 143 Å². The summed E-state index contributed by atoms with van der Waals surface area (Å²) < 4.78 is 18.0. The van der Waals surface area contributed by atoms with Gasteiger partial charge in [-0.15, -0.1) is 0 Å². The van der Waals surface area contributed by atoms with E-state index < -0.39 is 0 Å². The number of ether oxygens (including phenoxy) is 2. The fourth-order valence-corrected chi connectivity index (χ4v) is 3.24. The van der Waals surface area contributed by atoms with E-state index in [-0.39, 0.29) is 0 Å². The Morgan fingerprint density at radius 1 is 1.00 bits per heavy atom. The summed E-state index contributed by atoms with van der Waals surface area (Å²) in [4.78, 5) is 5.48. The number of benzene rings is 2. The number of nitrogens with zero attached hydrogens (tertiary/aromatic N) is 2. The van der Waals surface area contributed by atoms with E-state index in [2.05, 4.69) is 14.1 Å². The van der Waals surface area contributed by atoms with E-state index in [4.69, 9.17) is 9.47 Å². The summed E-state index contributed by atoms with van der Waals surface area (Å²) in [7, 11) is 3.24. The van der Waals surface area contributed by atoms with Crippen molar-refractivity contribution in [2.75, 3.05) is 18.9 Å². The van der Waals surface area contributed by atoms with E-state index >= 15 is 0 Å². The highest BCUT2D eigenvalue weighted by Gasteiger charge is 2.08.